The Balaban J connectivity index is 5.26. The van der Waals surface area contributed by atoms with Crippen LogP contribution in [0.5, 0.6) is 0 Å². The number of phosphoric ester groups is 2. The molecule has 0 fully saturated rings. The van der Waals surface area contributed by atoms with Crippen LogP contribution >= 0.6 is 15.6 Å². The number of aliphatic hydroxyl groups is 1. The van der Waals surface area contributed by atoms with Crippen LogP contribution in [0, 0.1) is 11.8 Å². The molecule has 0 rings (SSSR count). The number of unbranched alkanes of at least 4 members (excludes halogenated alkanes) is 47. The molecule has 0 heterocycles. The number of carbonyl (C=O) groups excluding carboxylic acids is 4. The Bertz CT molecular complexity index is 2070. The lowest BCUT2D eigenvalue weighted by molar-refractivity contribution is -0.161. The molecule has 0 saturated heterocycles. The predicted octanol–water partition coefficient (Wildman–Crippen LogP) is 25.0. The number of ether oxygens (including phenoxy) is 4. The van der Waals surface area contributed by atoms with Gasteiger partial charge in [-0.15, -0.1) is 0 Å². The fraction of sp³-hybridized carbons (Fsp3) is 0.905. The van der Waals surface area contributed by atoms with E-state index in [2.05, 4.69) is 65.8 Å². The first-order valence-electron chi connectivity index (χ1n) is 42.8. The smallest absolute Gasteiger partial charge is 0.462 e. The molecule has 608 valence electrons. The summed E-state index contributed by atoms with van der Waals surface area (Å²) in [4.78, 5) is 73.1. The number of esters is 4. The highest BCUT2D eigenvalue weighted by atomic mass is 31.2. The number of rotatable bonds is 81. The van der Waals surface area contributed by atoms with E-state index in [-0.39, 0.29) is 25.7 Å². The van der Waals surface area contributed by atoms with Crippen molar-refractivity contribution in [2.45, 2.75) is 439 Å². The minimum atomic E-state index is -4.97. The second-order valence-electron chi connectivity index (χ2n) is 30.3. The maximum atomic E-state index is 13.1. The third kappa shape index (κ3) is 76.1. The van der Waals surface area contributed by atoms with Gasteiger partial charge in [-0.2, -0.15) is 0 Å². The molecule has 0 aromatic heterocycles. The zero-order valence-corrected chi connectivity index (χ0v) is 68.9. The Labute approximate surface area is 631 Å². The monoisotopic (exact) mass is 1500 g/mol. The fourth-order valence-corrected chi connectivity index (χ4v) is 14.1. The molecule has 0 radical (unpaired) electrons. The first-order chi connectivity index (χ1) is 49.9. The Hall–Kier alpha value is -2.46. The van der Waals surface area contributed by atoms with Crippen LogP contribution < -0.4 is 0 Å². The molecule has 3 unspecified atom stereocenters. The SMILES string of the molecule is CCCCCC/C=C\C=C/CCCCCCCC(=O)OC[C@H](COP(=O)(O)OC[C@@H](O)COP(=O)(O)OC[C@@H](COC(=O)CCCCCCCCCCCC(C)C)OC(=O)CCCCCCCCCCCCCCCC)OC(=O)CCCCCCCCCCCCCCCCCCCCC(C)CC. The van der Waals surface area contributed by atoms with Gasteiger partial charge in [-0.1, -0.05) is 368 Å². The molecule has 0 amide bonds. The molecule has 103 heavy (non-hydrogen) atoms. The molecular formula is C84H160O17P2. The zero-order valence-electron chi connectivity index (χ0n) is 67.1. The summed E-state index contributed by atoms with van der Waals surface area (Å²) in [6.45, 7) is 9.64. The number of carbonyl (C=O) groups is 4. The highest BCUT2D eigenvalue weighted by Gasteiger charge is 2.30. The summed E-state index contributed by atoms with van der Waals surface area (Å²) in [7, 11) is -9.94. The summed E-state index contributed by atoms with van der Waals surface area (Å²) >= 11 is 0. The molecule has 17 nitrogen and oxygen atoms in total. The highest BCUT2D eigenvalue weighted by Crippen LogP contribution is 2.45. The quantitative estimate of drug-likeness (QED) is 0.0169. The van der Waals surface area contributed by atoms with Gasteiger partial charge in [0.25, 0.3) is 0 Å². The van der Waals surface area contributed by atoms with E-state index in [0.717, 1.165) is 121 Å². The van der Waals surface area contributed by atoms with Gasteiger partial charge in [0, 0.05) is 25.7 Å². The van der Waals surface area contributed by atoms with Gasteiger partial charge >= 0.3 is 39.5 Å². The van der Waals surface area contributed by atoms with Crippen LogP contribution in [-0.2, 0) is 65.4 Å². The van der Waals surface area contributed by atoms with Crippen LogP contribution in [0.2, 0.25) is 0 Å². The highest BCUT2D eigenvalue weighted by molar-refractivity contribution is 7.47. The van der Waals surface area contributed by atoms with Gasteiger partial charge in [-0.25, -0.2) is 9.13 Å². The van der Waals surface area contributed by atoms with Crippen LogP contribution in [-0.4, -0.2) is 96.7 Å². The third-order valence-electron chi connectivity index (χ3n) is 19.4. The molecule has 0 spiro atoms. The number of aliphatic hydroxyl groups excluding tert-OH is 1. The van der Waals surface area contributed by atoms with Crippen LogP contribution in [0.15, 0.2) is 24.3 Å². The van der Waals surface area contributed by atoms with E-state index < -0.39 is 97.5 Å². The van der Waals surface area contributed by atoms with Crippen molar-refractivity contribution in [3.63, 3.8) is 0 Å². The van der Waals surface area contributed by atoms with Crippen molar-refractivity contribution in [2.24, 2.45) is 11.8 Å². The van der Waals surface area contributed by atoms with Gasteiger partial charge in [0.05, 0.1) is 26.4 Å². The Morgan fingerprint density at radius 1 is 0.320 bits per heavy atom. The third-order valence-corrected chi connectivity index (χ3v) is 21.3. The van der Waals surface area contributed by atoms with E-state index in [0.29, 0.717) is 25.7 Å². The number of hydrogen-bond donors (Lipinski definition) is 3. The lowest BCUT2D eigenvalue weighted by Crippen LogP contribution is -2.30. The van der Waals surface area contributed by atoms with Gasteiger partial charge in [0.1, 0.15) is 19.3 Å². The summed E-state index contributed by atoms with van der Waals surface area (Å²) in [5, 5.41) is 10.7. The number of allylic oxidation sites excluding steroid dienone is 4. The lowest BCUT2D eigenvalue weighted by atomic mass is 9.99. The van der Waals surface area contributed by atoms with Gasteiger partial charge in [-0.05, 0) is 63.2 Å². The number of phosphoric acid groups is 2. The largest absolute Gasteiger partial charge is 0.472 e. The molecule has 6 atom stereocenters. The first-order valence-corrected chi connectivity index (χ1v) is 45.8. The van der Waals surface area contributed by atoms with Crippen molar-refractivity contribution in [3.8, 4) is 0 Å². The van der Waals surface area contributed by atoms with Crippen LogP contribution in [0.3, 0.4) is 0 Å². The Morgan fingerprint density at radius 2 is 0.573 bits per heavy atom. The van der Waals surface area contributed by atoms with Crippen LogP contribution in [0.4, 0.5) is 0 Å². The standard InChI is InChI=1S/C84H160O17P2/c1-7-10-12-14-16-18-20-22-28-33-36-42-48-54-60-66-81(86)94-72-79(100-84(89)69-63-57-51-44-38-34-30-27-25-24-26-29-31-35-41-47-53-59-65-77(6)9-3)74-98-102(90,91)96-70-78(85)71-97-103(92,93)99-75-80(73-95-82(87)67-61-55-49-45-39-40-46-52-58-64-76(4)5)101-83(88)68-62-56-50-43-37-32-23-21-19-17-15-13-11-8-2/h18,20,22,28,76-80,85H,7-17,19,21,23-27,29-75H2,1-6H3,(H,90,91)(H,92,93)/b20-18-,28-22-/t77?,78-,79-,80-/m1/s1. The van der Waals surface area contributed by atoms with Gasteiger partial charge in [-0.3, -0.25) is 37.3 Å². The molecule has 19 heteroatoms. The van der Waals surface area contributed by atoms with Gasteiger partial charge < -0.3 is 33.8 Å². The van der Waals surface area contributed by atoms with Crippen molar-refractivity contribution in [2.75, 3.05) is 39.6 Å². The van der Waals surface area contributed by atoms with E-state index in [4.69, 9.17) is 37.0 Å². The van der Waals surface area contributed by atoms with Crippen molar-refractivity contribution in [1.82, 2.24) is 0 Å². The maximum Gasteiger partial charge on any atom is 0.472 e. The Morgan fingerprint density at radius 3 is 0.874 bits per heavy atom. The average molecular weight is 1500 g/mol. The van der Waals surface area contributed by atoms with Gasteiger partial charge in [0.15, 0.2) is 12.2 Å². The van der Waals surface area contributed by atoms with E-state index in [1.54, 1.807) is 0 Å². The maximum absolute atomic E-state index is 13.1. The summed E-state index contributed by atoms with van der Waals surface area (Å²) in [6, 6.07) is 0. The summed E-state index contributed by atoms with van der Waals surface area (Å²) < 4.78 is 68.8. The van der Waals surface area contributed by atoms with Crippen molar-refractivity contribution < 1.29 is 80.2 Å². The second-order valence-corrected chi connectivity index (χ2v) is 33.2. The predicted molar refractivity (Wildman–Crippen MR) is 423 cm³/mol. The zero-order chi connectivity index (χ0) is 75.6. The summed E-state index contributed by atoms with van der Waals surface area (Å²) in [6.07, 6.45) is 68.7. The molecule has 3 N–H and O–H groups in total. The molecular weight excluding hydrogens is 1340 g/mol. The Kier molecular flexibility index (Phi) is 73.2. The number of hydrogen-bond acceptors (Lipinski definition) is 15. The van der Waals surface area contributed by atoms with E-state index in [9.17, 15) is 43.2 Å². The molecule has 0 aliphatic rings. The summed E-state index contributed by atoms with van der Waals surface area (Å²) in [5.74, 6) is -0.523. The van der Waals surface area contributed by atoms with E-state index in [1.165, 1.54) is 218 Å². The molecule has 0 aliphatic carbocycles. The fourth-order valence-electron chi connectivity index (χ4n) is 12.5. The second kappa shape index (κ2) is 75.0. The van der Waals surface area contributed by atoms with Crippen LogP contribution in [0.25, 0.3) is 0 Å². The van der Waals surface area contributed by atoms with Gasteiger partial charge in [0.2, 0.25) is 0 Å². The van der Waals surface area contributed by atoms with Crippen LogP contribution in [0.1, 0.15) is 420 Å². The minimum Gasteiger partial charge on any atom is -0.462 e. The first kappa shape index (κ1) is 101. The molecule has 0 aromatic carbocycles. The van der Waals surface area contributed by atoms with E-state index in [1.807, 2.05) is 0 Å². The van der Waals surface area contributed by atoms with Crippen molar-refractivity contribution >= 4 is 39.5 Å². The topological polar surface area (TPSA) is 237 Å². The molecule has 0 aliphatic heterocycles. The normalized spacial score (nSPS) is 14.3. The lowest BCUT2D eigenvalue weighted by Gasteiger charge is -2.21. The van der Waals surface area contributed by atoms with E-state index >= 15 is 0 Å². The molecule has 0 aromatic rings. The van der Waals surface area contributed by atoms with Crippen molar-refractivity contribution in [1.29, 1.82) is 0 Å². The average Bonchev–Trinajstić information content (AvgIpc) is 0.910. The summed E-state index contributed by atoms with van der Waals surface area (Å²) in [5.41, 5.74) is 0. The molecule has 0 bridgehead atoms. The minimum absolute atomic E-state index is 0.102. The molecule has 0 saturated carbocycles. The van der Waals surface area contributed by atoms with Crippen molar-refractivity contribution in [3.05, 3.63) is 24.3 Å².